The number of hydrogen-bond acceptors (Lipinski definition) is 5. The molecule has 2 heterocycles. The van der Waals surface area contributed by atoms with Crippen LogP contribution in [0.4, 0.5) is 5.69 Å². The summed E-state index contributed by atoms with van der Waals surface area (Å²) in [4.78, 5) is 18.0. The van der Waals surface area contributed by atoms with Gasteiger partial charge in [0.1, 0.15) is 12.4 Å². The Morgan fingerprint density at radius 1 is 1.19 bits per heavy atom. The van der Waals surface area contributed by atoms with Crippen molar-refractivity contribution in [3.05, 3.63) is 63.9 Å². The highest BCUT2D eigenvalue weighted by atomic mass is 32.2. The zero-order chi connectivity index (χ0) is 22.5. The number of aromatic amines is 1. The first kappa shape index (κ1) is 21.0. The van der Waals surface area contributed by atoms with E-state index < -0.39 is 10.0 Å². The molecule has 0 bridgehead atoms. The smallest absolute Gasteiger partial charge is 0.252 e. The number of pyridine rings is 1. The highest BCUT2D eigenvalue weighted by Gasteiger charge is 2.36. The Balaban J connectivity index is 1.54. The number of aryl methyl sites for hydroxylation is 1. The van der Waals surface area contributed by atoms with E-state index in [-0.39, 0.29) is 23.0 Å². The van der Waals surface area contributed by atoms with Crippen molar-refractivity contribution in [2.75, 3.05) is 25.1 Å². The lowest BCUT2D eigenvalue weighted by molar-refractivity contribution is 0.213. The van der Waals surface area contributed by atoms with E-state index in [1.807, 2.05) is 38.2 Å². The molecule has 2 aliphatic rings. The van der Waals surface area contributed by atoms with Crippen molar-refractivity contribution in [3.63, 3.8) is 0 Å². The van der Waals surface area contributed by atoms with Gasteiger partial charge in [0.15, 0.2) is 0 Å². The van der Waals surface area contributed by atoms with Gasteiger partial charge in [-0.2, -0.15) is 4.31 Å². The Labute approximate surface area is 187 Å². The van der Waals surface area contributed by atoms with E-state index in [0.717, 1.165) is 48.0 Å². The predicted octanol–water partition coefficient (Wildman–Crippen LogP) is 3.41. The standard InChI is InChI=1S/C24H27N3O4S/c1-16-5-3-6-17-13-18(24(28)25-23(16)17)15-27(19-7-4-8-19)32(29,30)20-9-10-21-22(14-20)31-12-11-26(21)2/h3,5-6,9-10,13-14,19H,4,7-8,11-12,15H2,1-2H3,(H,25,28). The minimum absolute atomic E-state index is 0.0457. The molecule has 1 aromatic heterocycles. The van der Waals surface area contributed by atoms with Gasteiger partial charge in [-0.1, -0.05) is 24.6 Å². The van der Waals surface area contributed by atoms with Crippen molar-refractivity contribution in [3.8, 4) is 5.75 Å². The maximum atomic E-state index is 13.7. The molecular formula is C24H27N3O4S. The topological polar surface area (TPSA) is 82.7 Å². The number of hydrogen-bond donors (Lipinski definition) is 1. The third kappa shape index (κ3) is 3.57. The molecular weight excluding hydrogens is 426 g/mol. The SMILES string of the molecule is Cc1cccc2cc(CN(C3CCC3)S(=O)(=O)c3ccc4c(c3)OCCN4C)c(=O)[nH]c12. The van der Waals surface area contributed by atoms with Crippen molar-refractivity contribution in [2.24, 2.45) is 0 Å². The molecule has 1 N–H and O–H groups in total. The van der Waals surface area contributed by atoms with Gasteiger partial charge in [-0.3, -0.25) is 4.79 Å². The Bertz CT molecular complexity index is 1350. The van der Waals surface area contributed by atoms with Gasteiger partial charge in [0.2, 0.25) is 10.0 Å². The molecule has 32 heavy (non-hydrogen) atoms. The number of sulfonamides is 1. The van der Waals surface area contributed by atoms with Crippen LogP contribution in [-0.4, -0.2) is 43.9 Å². The van der Waals surface area contributed by atoms with Crippen LogP contribution in [0.15, 0.2) is 52.2 Å². The van der Waals surface area contributed by atoms with Gasteiger partial charge in [0, 0.05) is 31.3 Å². The molecule has 0 radical (unpaired) electrons. The van der Waals surface area contributed by atoms with Crippen LogP contribution < -0.4 is 15.2 Å². The number of para-hydroxylation sites is 1. The van der Waals surface area contributed by atoms with Crippen molar-refractivity contribution in [1.82, 2.24) is 9.29 Å². The lowest BCUT2D eigenvalue weighted by Gasteiger charge is -2.36. The van der Waals surface area contributed by atoms with Crippen LogP contribution in [0.3, 0.4) is 0 Å². The number of fused-ring (bicyclic) bond motifs is 2. The van der Waals surface area contributed by atoms with E-state index in [2.05, 4.69) is 9.88 Å². The number of ether oxygens (including phenoxy) is 1. The molecule has 1 aliphatic heterocycles. The molecule has 5 rings (SSSR count). The number of nitrogens with zero attached hydrogens (tertiary/aromatic N) is 2. The number of aromatic nitrogens is 1. The summed E-state index contributed by atoms with van der Waals surface area (Å²) >= 11 is 0. The van der Waals surface area contributed by atoms with E-state index in [1.54, 1.807) is 18.2 Å². The number of H-pyrrole nitrogens is 1. The third-order valence-electron chi connectivity index (χ3n) is 6.61. The van der Waals surface area contributed by atoms with Gasteiger partial charge in [-0.25, -0.2) is 8.42 Å². The van der Waals surface area contributed by atoms with E-state index in [4.69, 9.17) is 4.74 Å². The lowest BCUT2D eigenvalue weighted by Crippen LogP contribution is -2.44. The number of rotatable bonds is 5. The lowest BCUT2D eigenvalue weighted by atomic mass is 9.93. The van der Waals surface area contributed by atoms with Crippen LogP contribution >= 0.6 is 0 Å². The molecule has 8 heteroatoms. The maximum Gasteiger partial charge on any atom is 0.252 e. The number of likely N-dealkylation sites (N-methyl/N-ethyl adjacent to an activating group) is 1. The molecule has 7 nitrogen and oxygen atoms in total. The van der Waals surface area contributed by atoms with Crippen molar-refractivity contribution in [1.29, 1.82) is 0 Å². The summed E-state index contributed by atoms with van der Waals surface area (Å²) in [5.74, 6) is 0.576. The van der Waals surface area contributed by atoms with Gasteiger partial charge in [0.05, 0.1) is 22.6 Å². The quantitative estimate of drug-likeness (QED) is 0.640. The molecule has 2 aromatic carbocycles. The second kappa shape index (κ2) is 7.94. The first-order valence-corrected chi connectivity index (χ1v) is 12.4. The van der Waals surface area contributed by atoms with Gasteiger partial charge in [0.25, 0.3) is 5.56 Å². The molecule has 0 unspecified atom stereocenters. The fraction of sp³-hybridized carbons (Fsp3) is 0.375. The van der Waals surface area contributed by atoms with Crippen LogP contribution in [0.5, 0.6) is 5.75 Å². The summed E-state index contributed by atoms with van der Waals surface area (Å²) in [6, 6.07) is 12.6. The summed E-state index contributed by atoms with van der Waals surface area (Å²) in [5.41, 5.74) is 2.85. The molecule has 1 saturated carbocycles. The third-order valence-corrected chi connectivity index (χ3v) is 8.50. The van der Waals surface area contributed by atoms with E-state index in [0.29, 0.717) is 17.9 Å². The maximum absolute atomic E-state index is 13.7. The number of nitrogens with one attached hydrogen (secondary N) is 1. The average molecular weight is 454 g/mol. The Kier molecular flexibility index (Phi) is 5.22. The van der Waals surface area contributed by atoms with Crippen molar-refractivity contribution < 1.29 is 13.2 Å². The molecule has 0 saturated heterocycles. The van der Waals surface area contributed by atoms with E-state index in [9.17, 15) is 13.2 Å². The van der Waals surface area contributed by atoms with Gasteiger partial charge >= 0.3 is 0 Å². The molecule has 0 spiro atoms. The molecule has 0 atom stereocenters. The largest absolute Gasteiger partial charge is 0.490 e. The molecule has 168 valence electrons. The van der Waals surface area contributed by atoms with Gasteiger partial charge in [-0.05, 0) is 48.9 Å². The molecule has 3 aromatic rings. The summed E-state index contributed by atoms with van der Waals surface area (Å²) in [5, 5.41) is 0.899. The first-order chi connectivity index (χ1) is 15.3. The van der Waals surface area contributed by atoms with Gasteiger partial charge < -0.3 is 14.6 Å². The van der Waals surface area contributed by atoms with Crippen LogP contribution in [-0.2, 0) is 16.6 Å². The fourth-order valence-electron chi connectivity index (χ4n) is 4.43. The van der Waals surface area contributed by atoms with E-state index >= 15 is 0 Å². The zero-order valence-electron chi connectivity index (χ0n) is 18.3. The summed E-state index contributed by atoms with van der Waals surface area (Å²) in [6.07, 6.45) is 2.59. The molecule has 0 amide bonds. The normalized spacial score (nSPS) is 16.7. The monoisotopic (exact) mass is 453 g/mol. The van der Waals surface area contributed by atoms with Crippen LogP contribution in [0.2, 0.25) is 0 Å². The van der Waals surface area contributed by atoms with E-state index in [1.165, 1.54) is 4.31 Å². The number of anilines is 1. The summed E-state index contributed by atoms with van der Waals surface area (Å²) < 4.78 is 34.6. The van der Waals surface area contributed by atoms with Crippen molar-refractivity contribution in [2.45, 2.75) is 43.7 Å². The Hall–Kier alpha value is -2.84. The highest BCUT2D eigenvalue weighted by molar-refractivity contribution is 7.89. The predicted molar refractivity (Wildman–Crippen MR) is 125 cm³/mol. The van der Waals surface area contributed by atoms with Crippen LogP contribution in [0, 0.1) is 6.92 Å². The van der Waals surface area contributed by atoms with Crippen molar-refractivity contribution >= 4 is 26.6 Å². The summed E-state index contributed by atoms with van der Waals surface area (Å²) in [6.45, 7) is 3.27. The first-order valence-electron chi connectivity index (χ1n) is 11.0. The minimum atomic E-state index is -3.81. The number of benzene rings is 2. The van der Waals surface area contributed by atoms with Crippen LogP contribution in [0.1, 0.15) is 30.4 Å². The summed E-state index contributed by atoms with van der Waals surface area (Å²) in [7, 11) is -1.84. The second-order valence-electron chi connectivity index (χ2n) is 8.70. The second-order valence-corrected chi connectivity index (χ2v) is 10.6. The van der Waals surface area contributed by atoms with Crippen LogP contribution in [0.25, 0.3) is 10.9 Å². The van der Waals surface area contributed by atoms with Gasteiger partial charge in [-0.15, -0.1) is 0 Å². The zero-order valence-corrected chi connectivity index (χ0v) is 19.1. The average Bonchev–Trinajstić information content (AvgIpc) is 2.73. The molecule has 1 fully saturated rings. The molecule has 1 aliphatic carbocycles. The fourth-order valence-corrected chi connectivity index (χ4v) is 6.11. The highest BCUT2D eigenvalue weighted by Crippen LogP contribution is 2.36. The Morgan fingerprint density at radius 3 is 2.75 bits per heavy atom. The Morgan fingerprint density at radius 2 is 2.00 bits per heavy atom. The minimum Gasteiger partial charge on any atom is -0.490 e.